The Balaban J connectivity index is 2.52. The molecule has 0 radical (unpaired) electrons. The molecule has 0 saturated carbocycles. The van der Waals surface area contributed by atoms with Crippen LogP contribution in [0.2, 0.25) is 0 Å². The van der Waals surface area contributed by atoms with E-state index >= 15 is 0 Å². The second kappa shape index (κ2) is 4.94. The first-order valence-corrected chi connectivity index (χ1v) is 5.65. The fourth-order valence-corrected chi connectivity index (χ4v) is 1.45. The quantitative estimate of drug-likeness (QED) is 0.749. The van der Waals surface area contributed by atoms with Gasteiger partial charge in [-0.2, -0.15) is 0 Å². The lowest BCUT2D eigenvalue weighted by Crippen LogP contribution is -2.52. The van der Waals surface area contributed by atoms with Gasteiger partial charge in [-0.05, 0) is 27.2 Å². The van der Waals surface area contributed by atoms with Crippen molar-refractivity contribution < 1.29 is 9.63 Å². The van der Waals surface area contributed by atoms with Crippen molar-refractivity contribution in [3.63, 3.8) is 0 Å². The summed E-state index contributed by atoms with van der Waals surface area (Å²) in [7, 11) is 0. The van der Waals surface area contributed by atoms with Gasteiger partial charge in [0, 0.05) is 19.6 Å². The Kier molecular flexibility index (Phi) is 4.11. The minimum atomic E-state index is -0.427. The average molecular weight is 214 g/mol. The molecule has 4 heteroatoms. The van der Waals surface area contributed by atoms with Crippen LogP contribution in [0.5, 0.6) is 0 Å². The van der Waals surface area contributed by atoms with Crippen molar-refractivity contribution in [1.29, 1.82) is 0 Å². The molecule has 0 amide bonds. The topological polar surface area (TPSA) is 41.6 Å². The van der Waals surface area contributed by atoms with E-state index in [1.807, 2.05) is 25.8 Å². The Morgan fingerprint density at radius 2 is 2.20 bits per heavy atom. The summed E-state index contributed by atoms with van der Waals surface area (Å²) in [6.45, 7) is 10.3. The maximum Gasteiger partial charge on any atom is 0.330 e. The van der Waals surface area contributed by atoms with Crippen LogP contribution in [0.4, 0.5) is 0 Å². The van der Waals surface area contributed by atoms with Crippen LogP contribution < -0.4 is 5.32 Å². The molecule has 0 spiro atoms. The highest BCUT2D eigenvalue weighted by Gasteiger charge is 2.29. The number of rotatable bonds is 2. The van der Waals surface area contributed by atoms with E-state index in [0.29, 0.717) is 6.04 Å². The fraction of sp³-hybridized carbons (Fsp3) is 0.909. The minimum Gasteiger partial charge on any atom is -0.367 e. The summed E-state index contributed by atoms with van der Waals surface area (Å²) in [5.74, 6) is -0.150. The number of piperazine rings is 1. The highest BCUT2D eigenvalue weighted by atomic mass is 16.7. The molecule has 1 aliphatic heterocycles. The van der Waals surface area contributed by atoms with Crippen LogP contribution >= 0.6 is 0 Å². The van der Waals surface area contributed by atoms with E-state index in [-0.39, 0.29) is 5.97 Å². The van der Waals surface area contributed by atoms with Crippen LogP contribution in [0, 0.1) is 5.41 Å². The molecule has 1 aliphatic rings. The van der Waals surface area contributed by atoms with Gasteiger partial charge in [0.05, 0.1) is 11.5 Å². The zero-order chi connectivity index (χ0) is 11.5. The van der Waals surface area contributed by atoms with E-state index in [4.69, 9.17) is 4.84 Å². The van der Waals surface area contributed by atoms with E-state index in [1.54, 1.807) is 0 Å². The van der Waals surface area contributed by atoms with Gasteiger partial charge >= 0.3 is 5.97 Å². The molecule has 0 unspecified atom stereocenters. The van der Waals surface area contributed by atoms with Crippen LogP contribution in [-0.2, 0) is 9.63 Å². The first-order chi connectivity index (χ1) is 6.95. The number of carbonyl (C=O) groups is 1. The summed E-state index contributed by atoms with van der Waals surface area (Å²) < 4.78 is 0. The predicted octanol–water partition coefficient (Wildman–Crippen LogP) is 1.17. The molecular weight excluding hydrogens is 192 g/mol. The van der Waals surface area contributed by atoms with Crippen molar-refractivity contribution in [2.45, 2.75) is 40.2 Å². The molecule has 0 aromatic carbocycles. The van der Waals surface area contributed by atoms with Crippen molar-refractivity contribution in [3.8, 4) is 0 Å². The van der Waals surface area contributed by atoms with Gasteiger partial charge in [-0.25, -0.2) is 4.79 Å². The van der Waals surface area contributed by atoms with Crippen LogP contribution in [0.3, 0.4) is 0 Å². The second-order valence-corrected chi connectivity index (χ2v) is 5.04. The molecule has 1 fully saturated rings. The molecule has 0 aliphatic carbocycles. The first-order valence-electron chi connectivity index (χ1n) is 5.65. The number of nitrogens with zero attached hydrogens (tertiary/aromatic N) is 1. The lowest BCUT2D eigenvalue weighted by atomic mass is 9.98. The lowest BCUT2D eigenvalue weighted by molar-refractivity contribution is -0.215. The number of hydrogen-bond donors (Lipinski definition) is 1. The van der Waals surface area contributed by atoms with E-state index in [0.717, 1.165) is 26.1 Å². The van der Waals surface area contributed by atoms with Crippen molar-refractivity contribution >= 4 is 5.97 Å². The molecule has 0 bridgehead atoms. The van der Waals surface area contributed by atoms with Gasteiger partial charge < -0.3 is 10.2 Å². The fourth-order valence-electron chi connectivity index (χ4n) is 1.45. The molecule has 1 rings (SSSR count). The third kappa shape index (κ3) is 3.47. The third-order valence-corrected chi connectivity index (χ3v) is 2.58. The Bertz CT molecular complexity index is 223. The molecular formula is C11H22N2O2. The molecule has 0 aromatic rings. The zero-order valence-corrected chi connectivity index (χ0v) is 10.2. The highest BCUT2D eigenvalue weighted by molar-refractivity contribution is 5.75. The Labute approximate surface area is 91.9 Å². The SMILES string of the molecule is CC[C@H]1CNCCN1OC(=O)C(C)(C)C. The molecule has 1 atom stereocenters. The smallest absolute Gasteiger partial charge is 0.330 e. The third-order valence-electron chi connectivity index (χ3n) is 2.58. The number of nitrogens with one attached hydrogen (secondary N) is 1. The molecule has 15 heavy (non-hydrogen) atoms. The summed E-state index contributed by atoms with van der Waals surface area (Å²) in [6, 6.07) is 0.310. The minimum absolute atomic E-state index is 0.150. The maximum absolute atomic E-state index is 11.7. The van der Waals surface area contributed by atoms with Gasteiger partial charge in [-0.15, -0.1) is 5.06 Å². The van der Waals surface area contributed by atoms with Crippen LogP contribution in [-0.4, -0.2) is 36.7 Å². The van der Waals surface area contributed by atoms with Crippen LogP contribution in [0.15, 0.2) is 0 Å². The molecule has 1 N–H and O–H groups in total. The van der Waals surface area contributed by atoms with Gasteiger partial charge in [0.1, 0.15) is 0 Å². The number of hydroxylamine groups is 2. The monoisotopic (exact) mass is 214 g/mol. The normalized spacial score (nSPS) is 23.9. The molecule has 1 saturated heterocycles. The van der Waals surface area contributed by atoms with E-state index in [9.17, 15) is 4.79 Å². The summed E-state index contributed by atoms with van der Waals surface area (Å²) in [5.41, 5.74) is -0.427. The molecule has 88 valence electrons. The van der Waals surface area contributed by atoms with Crippen molar-refractivity contribution in [2.24, 2.45) is 5.41 Å². The summed E-state index contributed by atoms with van der Waals surface area (Å²) in [6.07, 6.45) is 0.990. The average Bonchev–Trinajstić information content (AvgIpc) is 2.17. The van der Waals surface area contributed by atoms with E-state index in [1.165, 1.54) is 0 Å². The summed E-state index contributed by atoms with van der Waals surface area (Å²) in [4.78, 5) is 17.1. The van der Waals surface area contributed by atoms with Gasteiger partial charge in [0.15, 0.2) is 0 Å². The van der Waals surface area contributed by atoms with Crippen LogP contribution in [0.25, 0.3) is 0 Å². The highest BCUT2D eigenvalue weighted by Crippen LogP contribution is 2.18. The molecule has 0 aromatic heterocycles. The second-order valence-electron chi connectivity index (χ2n) is 5.04. The lowest BCUT2D eigenvalue weighted by Gasteiger charge is -2.35. The Morgan fingerprint density at radius 1 is 1.53 bits per heavy atom. The zero-order valence-electron chi connectivity index (χ0n) is 10.2. The van der Waals surface area contributed by atoms with Gasteiger partial charge in [0.25, 0.3) is 0 Å². The standard InChI is InChI=1S/C11H22N2O2/c1-5-9-8-12-6-7-13(9)15-10(14)11(2,3)4/h9,12H,5-8H2,1-4H3/t9-/m0/s1. The Morgan fingerprint density at radius 3 is 2.73 bits per heavy atom. The number of hydrogen-bond acceptors (Lipinski definition) is 4. The van der Waals surface area contributed by atoms with Gasteiger partial charge in [-0.1, -0.05) is 6.92 Å². The van der Waals surface area contributed by atoms with Crippen molar-refractivity contribution in [1.82, 2.24) is 10.4 Å². The Hall–Kier alpha value is -0.610. The van der Waals surface area contributed by atoms with Crippen molar-refractivity contribution in [3.05, 3.63) is 0 Å². The number of carbonyl (C=O) groups excluding carboxylic acids is 1. The summed E-state index contributed by atoms with van der Waals surface area (Å²) >= 11 is 0. The van der Waals surface area contributed by atoms with E-state index < -0.39 is 5.41 Å². The maximum atomic E-state index is 11.7. The molecule has 4 nitrogen and oxygen atoms in total. The molecule has 1 heterocycles. The first kappa shape index (κ1) is 12.5. The van der Waals surface area contributed by atoms with Gasteiger partial charge in [-0.3, -0.25) is 0 Å². The predicted molar refractivity (Wildman–Crippen MR) is 59.2 cm³/mol. The van der Waals surface area contributed by atoms with Crippen molar-refractivity contribution in [2.75, 3.05) is 19.6 Å². The van der Waals surface area contributed by atoms with Gasteiger partial charge in [0.2, 0.25) is 0 Å². The van der Waals surface area contributed by atoms with E-state index in [2.05, 4.69) is 12.2 Å². The largest absolute Gasteiger partial charge is 0.367 e. The summed E-state index contributed by atoms with van der Waals surface area (Å²) in [5, 5.41) is 5.12. The van der Waals surface area contributed by atoms with Crippen LogP contribution in [0.1, 0.15) is 34.1 Å².